The van der Waals surface area contributed by atoms with Gasteiger partial charge in [-0.05, 0) is 44.9 Å². The van der Waals surface area contributed by atoms with Crippen LogP contribution in [0, 0.1) is 0 Å². The first-order chi connectivity index (χ1) is 35.0. The highest BCUT2D eigenvalue weighted by Crippen LogP contribution is 2.14. The van der Waals surface area contributed by atoms with Crippen LogP contribution in [0.15, 0.2) is 12.5 Å². The minimum absolute atomic E-state index is 0.0371. The summed E-state index contributed by atoms with van der Waals surface area (Å²) in [6.07, 6.45) is 23.9. The molecule has 21 nitrogen and oxygen atoms in total. The summed E-state index contributed by atoms with van der Waals surface area (Å²) in [4.78, 5) is 89.4. The minimum atomic E-state index is -1.07. The molecule has 1 aromatic heterocycles. The lowest BCUT2D eigenvalue weighted by Crippen LogP contribution is -2.45. The number of carbonyl (C=O) groups is 7. The number of nitrogens with one attached hydrogen (secondary N) is 4. The van der Waals surface area contributed by atoms with Crippen LogP contribution >= 0.6 is 0 Å². The van der Waals surface area contributed by atoms with Gasteiger partial charge in [0.25, 0.3) is 0 Å². The van der Waals surface area contributed by atoms with Gasteiger partial charge in [-0.2, -0.15) is 0 Å². The van der Waals surface area contributed by atoms with Gasteiger partial charge in [0.15, 0.2) is 11.6 Å². The minimum Gasteiger partial charge on any atom is -0.481 e. The lowest BCUT2D eigenvalue weighted by atomic mass is 10.0. The van der Waals surface area contributed by atoms with E-state index in [4.69, 9.17) is 39.3 Å². The number of Topliss-reactive ketones (excluding diaryl/α,β-unsaturated/α-hetero) is 3. The molecule has 1 rings (SSSR count). The Morgan fingerprint density at radius 1 is 0.528 bits per heavy atom. The fraction of sp³-hybridized carbons (Fsp3) is 0.804. The molecule has 0 saturated heterocycles. The van der Waals surface area contributed by atoms with Gasteiger partial charge in [-0.3, -0.25) is 38.9 Å². The maximum absolute atomic E-state index is 12.3. The summed E-state index contributed by atoms with van der Waals surface area (Å²) in [7, 11) is 0. The van der Waals surface area contributed by atoms with Crippen LogP contribution in [0.3, 0.4) is 0 Å². The van der Waals surface area contributed by atoms with Crippen LogP contribution in [0.25, 0.3) is 0 Å². The third-order valence-electron chi connectivity index (χ3n) is 11.5. The van der Waals surface area contributed by atoms with Gasteiger partial charge in [0.2, 0.25) is 11.8 Å². The second-order valence-corrected chi connectivity index (χ2v) is 17.9. The Balaban J connectivity index is 1.80. The van der Waals surface area contributed by atoms with Crippen molar-refractivity contribution in [3.05, 3.63) is 18.2 Å². The Kier molecular flexibility index (Phi) is 43.6. The molecule has 2 atom stereocenters. The van der Waals surface area contributed by atoms with E-state index in [0.29, 0.717) is 90.0 Å². The summed E-state index contributed by atoms with van der Waals surface area (Å²) in [6, 6.07) is -1.70. The summed E-state index contributed by atoms with van der Waals surface area (Å²) < 4.78 is 32.5. The van der Waals surface area contributed by atoms with Crippen molar-refractivity contribution >= 4 is 41.1 Å². The number of ether oxygens (including phenoxy) is 6. The number of hydrogen-bond donors (Lipinski definition) is 7. The SMILES string of the molecule is N[C@@H](Cc1cnc[nH]1)C(=O)CN[C@@H](CCCCNC(=O)COCCOCCCC(=O)COCCOCCNC(=O)COCCOCCCC(=O)CCCCCCCCCCCCCCCCC(=O)O)C(=O)O. The Hall–Kier alpha value is -4.22. The number of aromatic nitrogens is 2. The molecule has 1 aromatic rings. The van der Waals surface area contributed by atoms with Crippen molar-refractivity contribution in [2.75, 3.05) is 98.9 Å². The Labute approximate surface area is 427 Å². The van der Waals surface area contributed by atoms with E-state index in [-0.39, 0.29) is 108 Å². The number of rotatable bonds is 55. The average Bonchev–Trinajstić information content (AvgIpc) is 3.87. The average molecular weight is 1030 g/mol. The molecule has 414 valence electrons. The van der Waals surface area contributed by atoms with E-state index in [2.05, 4.69) is 25.9 Å². The van der Waals surface area contributed by atoms with E-state index in [9.17, 15) is 38.7 Å². The topological polar surface area (TPSA) is 306 Å². The molecule has 2 amide bonds. The van der Waals surface area contributed by atoms with Gasteiger partial charge in [0.1, 0.15) is 31.6 Å². The summed E-state index contributed by atoms with van der Waals surface area (Å²) in [5.41, 5.74) is 6.63. The molecule has 0 saturated carbocycles. The number of carboxylic acid groups (broad SMARTS) is 2. The zero-order valence-electron chi connectivity index (χ0n) is 43.1. The van der Waals surface area contributed by atoms with Gasteiger partial charge in [0.05, 0.1) is 65.2 Å². The molecule has 21 heteroatoms. The number of aromatic amines is 1. The highest BCUT2D eigenvalue weighted by atomic mass is 16.5. The number of nitrogens with two attached hydrogens (primary N) is 1. The summed E-state index contributed by atoms with van der Waals surface area (Å²) in [5, 5.41) is 26.3. The van der Waals surface area contributed by atoms with Gasteiger partial charge in [-0.1, -0.05) is 77.0 Å². The van der Waals surface area contributed by atoms with Crippen molar-refractivity contribution < 1.29 is 72.2 Å². The molecular formula is C51H90N6O15. The van der Waals surface area contributed by atoms with E-state index in [1.807, 2.05) is 0 Å². The molecular weight excluding hydrogens is 937 g/mol. The lowest BCUT2D eigenvalue weighted by Gasteiger charge is -2.16. The fourth-order valence-electron chi connectivity index (χ4n) is 7.32. The van der Waals surface area contributed by atoms with E-state index in [1.54, 1.807) is 6.20 Å². The van der Waals surface area contributed by atoms with Crippen molar-refractivity contribution in [2.45, 2.75) is 166 Å². The fourth-order valence-corrected chi connectivity index (χ4v) is 7.32. The maximum atomic E-state index is 12.3. The molecule has 0 fully saturated rings. The molecule has 72 heavy (non-hydrogen) atoms. The van der Waals surface area contributed by atoms with E-state index < -0.39 is 24.0 Å². The molecule has 0 aliphatic carbocycles. The third-order valence-corrected chi connectivity index (χ3v) is 11.5. The third kappa shape index (κ3) is 43.4. The van der Waals surface area contributed by atoms with Crippen molar-refractivity contribution in [3.63, 3.8) is 0 Å². The molecule has 0 unspecified atom stereocenters. The number of imidazole rings is 1. The van der Waals surface area contributed by atoms with Crippen LogP contribution in [-0.2, 0) is 68.4 Å². The van der Waals surface area contributed by atoms with E-state index in [0.717, 1.165) is 32.1 Å². The Morgan fingerprint density at radius 2 is 1.00 bits per heavy atom. The van der Waals surface area contributed by atoms with Crippen LogP contribution < -0.4 is 21.7 Å². The number of aliphatic carboxylic acids is 2. The van der Waals surface area contributed by atoms with Gasteiger partial charge < -0.3 is 60.0 Å². The zero-order valence-corrected chi connectivity index (χ0v) is 43.1. The molecule has 0 radical (unpaired) electrons. The molecule has 0 aliphatic heterocycles. The number of carboxylic acids is 2. The molecule has 1 heterocycles. The number of unbranched alkanes of at least 4 members (excludes halogenated alkanes) is 14. The number of amides is 2. The smallest absolute Gasteiger partial charge is 0.320 e. The van der Waals surface area contributed by atoms with Gasteiger partial charge >= 0.3 is 11.9 Å². The second-order valence-electron chi connectivity index (χ2n) is 17.9. The first kappa shape index (κ1) is 65.8. The van der Waals surface area contributed by atoms with Crippen molar-refractivity contribution in [1.29, 1.82) is 0 Å². The van der Waals surface area contributed by atoms with E-state index in [1.165, 1.54) is 64.1 Å². The van der Waals surface area contributed by atoms with Crippen molar-refractivity contribution in [1.82, 2.24) is 25.9 Å². The van der Waals surface area contributed by atoms with Gasteiger partial charge in [0, 0.05) is 70.3 Å². The molecule has 0 aliphatic rings. The van der Waals surface area contributed by atoms with Crippen molar-refractivity contribution in [3.8, 4) is 0 Å². The standard InChI is InChI=1S/C51H90N6O15/c52-45(35-42-36-53-41-57-42)47(60)37-56-46(51(65)66)22-15-16-24-54-48(61)39-71-33-30-68-27-18-21-44(59)38-70-32-31-69-28-25-55-49(62)40-72-34-29-67-26-17-20-43(58)19-13-11-9-7-5-3-1-2-4-6-8-10-12-14-23-50(63)64/h36,41,45-46,56H,1-35,37-40,52H2,(H,53,57)(H,54,61)(H,55,62)(H,63,64)(H,65,66)/t45-,46-/m0/s1. The largest absolute Gasteiger partial charge is 0.481 e. The second kappa shape index (κ2) is 47.8. The van der Waals surface area contributed by atoms with Gasteiger partial charge in [-0.15, -0.1) is 0 Å². The number of carbonyl (C=O) groups excluding carboxylic acids is 5. The lowest BCUT2D eigenvalue weighted by molar-refractivity contribution is -0.140. The van der Waals surface area contributed by atoms with Crippen LogP contribution in [0.1, 0.15) is 153 Å². The van der Waals surface area contributed by atoms with Crippen LogP contribution in [-0.4, -0.2) is 172 Å². The number of ketones is 3. The van der Waals surface area contributed by atoms with Crippen LogP contribution in [0.2, 0.25) is 0 Å². The molecule has 0 spiro atoms. The Morgan fingerprint density at radius 3 is 1.53 bits per heavy atom. The number of hydrogen-bond acceptors (Lipinski definition) is 16. The summed E-state index contributed by atoms with van der Waals surface area (Å²) >= 11 is 0. The quantitative estimate of drug-likeness (QED) is 0.0444. The predicted octanol–water partition coefficient (Wildman–Crippen LogP) is 4.42. The monoisotopic (exact) mass is 1030 g/mol. The van der Waals surface area contributed by atoms with Crippen LogP contribution in [0.5, 0.6) is 0 Å². The molecule has 0 aromatic carbocycles. The number of H-pyrrole nitrogens is 1. The molecule has 8 N–H and O–H groups in total. The van der Waals surface area contributed by atoms with Crippen molar-refractivity contribution in [2.24, 2.45) is 5.73 Å². The Bertz CT molecular complexity index is 1550. The highest BCUT2D eigenvalue weighted by Gasteiger charge is 2.21. The summed E-state index contributed by atoms with van der Waals surface area (Å²) in [6.45, 7) is 2.92. The molecule has 0 bridgehead atoms. The highest BCUT2D eigenvalue weighted by molar-refractivity contribution is 5.86. The maximum Gasteiger partial charge on any atom is 0.320 e. The van der Waals surface area contributed by atoms with E-state index >= 15 is 0 Å². The number of nitrogens with zero attached hydrogens (tertiary/aromatic N) is 1. The normalized spacial score (nSPS) is 12.1. The first-order valence-corrected chi connectivity index (χ1v) is 26.4. The predicted molar refractivity (Wildman–Crippen MR) is 269 cm³/mol. The summed E-state index contributed by atoms with van der Waals surface area (Å²) in [5.74, 6) is -2.43. The van der Waals surface area contributed by atoms with Gasteiger partial charge in [-0.25, -0.2) is 4.98 Å². The first-order valence-electron chi connectivity index (χ1n) is 26.4. The zero-order chi connectivity index (χ0) is 52.5. The van der Waals surface area contributed by atoms with Crippen LogP contribution in [0.4, 0.5) is 0 Å².